The monoisotopic (exact) mass is 369 g/mol. The van der Waals surface area contributed by atoms with Crippen LogP contribution in [-0.4, -0.2) is 23.2 Å². The van der Waals surface area contributed by atoms with Crippen molar-refractivity contribution in [2.24, 2.45) is 0 Å². The zero-order valence-corrected chi connectivity index (χ0v) is 14.2. The Bertz CT molecular complexity index is 694. The van der Waals surface area contributed by atoms with Crippen LogP contribution in [-0.2, 0) is 11.3 Å². The van der Waals surface area contributed by atoms with Gasteiger partial charge in [-0.15, -0.1) is 0 Å². The maximum atomic E-state index is 10.8. The normalized spacial score (nSPS) is 10.4. The molecule has 2 N–H and O–H groups in total. The van der Waals surface area contributed by atoms with Crippen LogP contribution in [0, 0.1) is 10.1 Å². The van der Waals surface area contributed by atoms with Gasteiger partial charge in [-0.2, -0.15) is 0 Å². The molecular formula is C15H16ClN3O4S. The average molecular weight is 370 g/mol. The third kappa shape index (κ3) is 5.80. The van der Waals surface area contributed by atoms with Crippen molar-refractivity contribution in [3.05, 3.63) is 57.5 Å². The summed E-state index contributed by atoms with van der Waals surface area (Å²) in [5.41, 5.74) is 0.327. The summed E-state index contributed by atoms with van der Waals surface area (Å²) >= 11 is 11.1. The molecule has 9 heteroatoms. The number of nitrogens with one attached hydrogen (secondary N) is 2. The Kier molecular flexibility index (Phi) is 6.98. The van der Waals surface area contributed by atoms with E-state index >= 15 is 0 Å². The van der Waals surface area contributed by atoms with Crippen molar-refractivity contribution in [2.45, 2.75) is 13.0 Å². The molecule has 128 valence electrons. The lowest BCUT2D eigenvalue weighted by atomic mass is 10.3. The molecule has 2 rings (SSSR count). The number of thiocarbonyl (C=S) groups is 1. The van der Waals surface area contributed by atoms with Crippen molar-refractivity contribution >= 4 is 40.3 Å². The molecule has 0 aliphatic carbocycles. The summed E-state index contributed by atoms with van der Waals surface area (Å²) in [6, 6.07) is 7.78. The highest BCUT2D eigenvalue weighted by molar-refractivity contribution is 7.80. The summed E-state index contributed by atoms with van der Waals surface area (Å²) in [6.45, 7) is 1.57. The summed E-state index contributed by atoms with van der Waals surface area (Å²) in [7, 11) is 0. The van der Waals surface area contributed by atoms with Gasteiger partial charge in [-0.3, -0.25) is 10.1 Å². The van der Waals surface area contributed by atoms with E-state index in [0.717, 1.165) is 12.2 Å². The van der Waals surface area contributed by atoms with E-state index in [1.807, 2.05) is 12.1 Å². The van der Waals surface area contributed by atoms with Crippen LogP contribution in [0.15, 0.2) is 41.0 Å². The van der Waals surface area contributed by atoms with Crippen molar-refractivity contribution < 1.29 is 14.1 Å². The van der Waals surface area contributed by atoms with E-state index in [1.54, 1.807) is 6.26 Å². The van der Waals surface area contributed by atoms with Gasteiger partial charge in [0.1, 0.15) is 12.4 Å². The molecule has 0 amide bonds. The molecule has 0 unspecified atom stereocenters. The van der Waals surface area contributed by atoms with Gasteiger partial charge in [-0.05, 0) is 36.8 Å². The van der Waals surface area contributed by atoms with Gasteiger partial charge in [0.05, 0.1) is 21.9 Å². The predicted molar refractivity (Wildman–Crippen MR) is 95.3 cm³/mol. The van der Waals surface area contributed by atoms with E-state index in [-0.39, 0.29) is 5.69 Å². The van der Waals surface area contributed by atoms with Crippen LogP contribution in [0.5, 0.6) is 0 Å². The zero-order valence-electron chi connectivity index (χ0n) is 12.7. The van der Waals surface area contributed by atoms with Crippen LogP contribution < -0.4 is 10.6 Å². The largest absolute Gasteiger partial charge is 0.467 e. The molecule has 0 bridgehead atoms. The van der Waals surface area contributed by atoms with Crippen LogP contribution in [0.1, 0.15) is 12.2 Å². The zero-order chi connectivity index (χ0) is 17.4. The number of nitro benzene ring substituents is 1. The van der Waals surface area contributed by atoms with E-state index in [9.17, 15) is 10.1 Å². The number of nitro groups is 1. The van der Waals surface area contributed by atoms with Crippen molar-refractivity contribution in [3.63, 3.8) is 0 Å². The average Bonchev–Trinajstić information content (AvgIpc) is 3.06. The molecule has 1 heterocycles. The van der Waals surface area contributed by atoms with Gasteiger partial charge in [-0.1, -0.05) is 11.6 Å². The number of rotatable bonds is 8. The molecule has 0 aliphatic heterocycles. The molecular weight excluding hydrogens is 354 g/mol. The summed E-state index contributed by atoms with van der Waals surface area (Å²) in [4.78, 5) is 10.3. The lowest BCUT2D eigenvalue weighted by Crippen LogP contribution is -2.29. The highest BCUT2D eigenvalue weighted by Gasteiger charge is 2.10. The Morgan fingerprint density at radius 2 is 2.25 bits per heavy atom. The van der Waals surface area contributed by atoms with Gasteiger partial charge >= 0.3 is 0 Å². The van der Waals surface area contributed by atoms with Crippen LogP contribution in [0.4, 0.5) is 11.4 Å². The number of nitrogens with zero attached hydrogens (tertiary/aromatic N) is 1. The first-order valence-corrected chi connectivity index (χ1v) is 7.94. The van der Waals surface area contributed by atoms with Crippen molar-refractivity contribution in [1.82, 2.24) is 5.32 Å². The maximum Gasteiger partial charge on any atom is 0.271 e. The van der Waals surface area contributed by atoms with Gasteiger partial charge in [-0.25, -0.2) is 0 Å². The number of benzene rings is 1. The number of non-ortho nitro benzene ring substituents is 1. The van der Waals surface area contributed by atoms with E-state index in [0.29, 0.717) is 35.6 Å². The molecule has 0 saturated carbocycles. The number of anilines is 1. The van der Waals surface area contributed by atoms with Gasteiger partial charge < -0.3 is 19.8 Å². The first-order valence-electron chi connectivity index (χ1n) is 7.15. The van der Waals surface area contributed by atoms with Crippen LogP contribution in [0.3, 0.4) is 0 Å². The Labute approximate surface area is 149 Å². The second-order valence-corrected chi connectivity index (χ2v) is 5.60. The van der Waals surface area contributed by atoms with E-state index in [2.05, 4.69) is 10.6 Å². The molecule has 24 heavy (non-hydrogen) atoms. The van der Waals surface area contributed by atoms with E-state index < -0.39 is 4.92 Å². The topological polar surface area (TPSA) is 89.6 Å². The molecule has 0 spiro atoms. The molecule has 0 atom stereocenters. The molecule has 7 nitrogen and oxygen atoms in total. The molecule has 2 aromatic rings. The third-order valence-electron chi connectivity index (χ3n) is 2.98. The van der Waals surface area contributed by atoms with Gasteiger partial charge in [0.2, 0.25) is 0 Å². The minimum absolute atomic E-state index is 0.0592. The summed E-state index contributed by atoms with van der Waals surface area (Å²) in [6.07, 6.45) is 2.34. The summed E-state index contributed by atoms with van der Waals surface area (Å²) in [5.74, 6) is 0.778. The lowest BCUT2D eigenvalue weighted by molar-refractivity contribution is -0.384. The van der Waals surface area contributed by atoms with E-state index in [4.69, 9.17) is 33.0 Å². The van der Waals surface area contributed by atoms with Crippen molar-refractivity contribution in [2.75, 3.05) is 18.5 Å². The standard InChI is InChI=1S/C15H16ClN3O4S/c16-13-5-4-11(19(20)21)9-14(13)18-15(24)17-6-2-7-22-10-12-3-1-8-23-12/h1,3-5,8-9H,2,6-7,10H2,(H2,17,18,24). The molecule has 0 fully saturated rings. The number of hydrogen-bond acceptors (Lipinski definition) is 5. The van der Waals surface area contributed by atoms with Gasteiger partial charge in [0.25, 0.3) is 5.69 Å². The summed E-state index contributed by atoms with van der Waals surface area (Å²) < 4.78 is 10.6. The molecule has 1 aromatic heterocycles. The fraction of sp³-hybridized carbons (Fsp3) is 0.267. The first kappa shape index (κ1) is 18.2. The van der Waals surface area contributed by atoms with Crippen molar-refractivity contribution in [1.29, 1.82) is 0 Å². The number of ether oxygens (including phenoxy) is 1. The molecule has 0 aliphatic rings. The second kappa shape index (κ2) is 9.21. The fourth-order valence-corrected chi connectivity index (χ4v) is 2.21. The van der Waals surface area contributed by atoms with Crippen LogP contribution in [0.2, 0.25) is 5.02 Å². The maximum absolute atomic E-state index is 10.8. The second-order valence-electron chi connectivity index (χ2n) is 4.79. The molecule has 0 radical (unpaired) electrons. The number of hydrogen-bond donors (Lipinski definition) is 2. The van der Waals surface area contributed by atoms with Crippen molar-refractivity contribution in [3.8, 4) is 0 Å². The predicted octanol–water partition coefficient (Wildman–Crippen LogP) is 3.73. The van der Waals surface area contributed by atoms with Gasteiger partial charge in [0, 0.05) is 25.3 Å². The summed E-state index contributed by atoms with van der Waals surface area (Å²) in [5, 5.41) is 17.3. The SMILES string of the molecule is O=[N+]([O-])c1ccc(Cl)c(NC(=S)NCCCOCc2ccco2)c1. The first-order chi connectivity index (χ1) is 11.6. The Morgan fingerprint density at radius 1 is 1.42 bits per heavy atom. The van der Waals surface area contributed by atoms with Crippen LogP contribution >= 0.6 is 23.8 Å². The Morgan fingerprint density at radius 3 is 2.96 bits per heavy atom. The fourth-order valence-electron chi connectivity index (χ4n) is 1.83. The van der Waals surface area contributed by atoms with Crippen LogP contribution in [0.25, 0.3) is 0 Å². The minimum atomic E-state index is -0.492. The highest BCUT2D eigenvalue weighted by atomic mass is 35.5. The minimum Gasteiger partial charge on any atom is -0.467 e. The third-order valence-corrected chi connectivity index (χ3v) is 3.56. The quantitative estimate of drug-likeness (QED) is 0.317. The van der Waals surface area contributed by atoms with E-state index in [1.165, 1.54) is 18.2 Å². The lowest BCUT2D eigenvalue weighted by Gasteiger charge is -2.11. The molecule has 0 saturated heterocycles. The number of halogens is 1. The Balaban J connectivity index is 1.68. The smallest absolute Gasteiger partial charge is 0.271 e. The Hall–Kier alpha value is -2.16. The number of furan rings is 1. The van der Waals surface area contributed by atoms with Gasteiger partial charge in [0.15, 0.2) is 5.11 Å². The molecule has 1 aromatic carbocycles. The highest BCUT2D eigenvalue weighted by Crippen LogP contribution is 2.26.